The van der Waals surface area contributed by atoms with Gasteiger partial charge in [0.15, 0.2) is 0 Å². The van der Waals surface area contributed by atoms with Crippen molar-refractivity contribution in [2.24, 2.45) is 11.8 Å². The number of aliphatic carboxylic acids is 1. The molecule has 4 nitrogen and oxygen atoms in total. The topological polar surface area (TPSA) is 66.4 Å². The number of benzene rings is 2. The lowest BCUT2D eigenvalue weighted by molar-refractivity contribution is -0.317. The minimum atomic E-state index is -1.12. The molecule has 148 valence electrons. The Labute approximate surface area is 166 Å². The minimum absolute atomic E-state index is 0.309. The van der Waals surface area contributed by atoms with Crippen LogP contribution in [0.5, 0.6) is 0 Å². The summed E-state index contributed by atoms with van der Waals surface area (Å²) < 4.78 is 5.57. The summed E-state index contributed by atoms with van der Waals surface area (Å²) in [6.07, 6.45) is 4.10. The Bertz CT molecular complexity index is 724. The van der Waals surface area contributed by atoms with Gasteiger partial charge in [0.1, 0.15) is 0 Å². The minimum Gasteiger partial charge on any atom is -0.550 e. The smallest absolute Gasteiger partial charge is 0.310 e. The van der Waals surface area contributed by atoms with Crippen molar-refractivity contribution in [3.63, 3.8) is 0 Å². The van der Waals surface area contributed by atoms with Crippen LogP contribution in [0.3, 0.4) is 0 Å². The molecule has 2 aromatic carbocycles. The maximum atomic E-state index is 13.0. The molecular formula is C24H27O4-. The lowest BCUT2D eigenvalue weighted by Gasteiger charge is -2.51. The average Bonchev–Trinajstić information content (AvgIpc) is 2.68. The standard InChI is InChI=1S/C24H28O4/c1-2-3-4-11-16-28-24(27)22-19(17-12-7-5-8-13-17)21(23(25)26)20(22)18-14-9-6-10-15-18/h5-10,12-15,19-22H,2-4,11,16H2,1H3,(H,25,26)/p-1/t19-,20-,21?,22?/m1/s1. The van der Waals surface area contributed by atoms with Crippen LogP contribution in [0.4, 0.5) is 0 Å². The van der Waals surface area contributed by atoms with Crippen molar-refractivity contribution in [3.8, 4) is 0 Å². The quantitative estimate of drug-likeness (QED) is 0.492. The summed E-state index contributed by atoms with van der Waals surface area (Å²) in [6, 6.07) is 18.7. The molecule has 0 aliphatic heterocycles. The molecule has 0 saturated heterocycles. The molecule has 2 aromatic rings. The van der Waals surface area contributed by atoms with Crippen LogP contribution < -0.4 is 5.11 Å². The maximum Gasteiger partial charge on any atom is 0.310 e. The van der Waals surface area contributed by atoms with Gasteiger partial charge in [-0.3, -0.25) is 4.79 Å². The molecule has 1 aliphatic rings. The molecule has 0 aromatic heterocycles. The summed E-state index contributed by atoms with van der Waals surface area (Å²) in [4.78, 5) is 24.9. The van der Waals surface area contributed by atoms with Crippen LogP contribution in [0, 0.1) is 11.8 Å². The van der Waals surface area contributed by atoms with E-state index in [0.29, 0.717) is 6.61 Å². The number of carboxylic acid groups (broad SMARTS) is 1. The van der Waals surface area contributed by atoms with E-state index in [0.717, 1.165) is 36.8 Å². The Morgan fingerprint density at radius 3 is 1.82 bits per heavy atom. The highest BCUT2D eigenvalue weighted by atomic mass is 16.5. The number of carbonyl (C=O) groups is 2. The van der Waals surface area contributed by atoms with E-state index in [9.17, 15) is 14.7 Å². The fourth-order valence-electron chi connectivity index (χ4n) is 4.31. The van der Waals surface area contributed by atoms with Gasteiger partial charge in [0.05, 0.1) is 12.5 Å². The van der Waals surface area contributed by atoms with E-state index in [2.05, 4.69) is 6.92 Å². The molecule has 3 rings (SSSR count). The number of hydrogen-bond donors (Lipinski definition) is 0. The molecule has 0 unspecified atom stereocenters. The van der Waals surface area contributed by atoms with E-state index in [1.54, 1.807) is 0 Å². The van der Waals surface area contributed by atoms with E-state index in [1.165, 1.54) is 0 Å². The van der Waals surface area contributed by atoms with Crippen molar-refractivity contribution in [1.82, 2.24) is 0 Å². The molecule has 0 amide bonds. The highest BCUT2D eigenvalue weighted by Crippen LogP contribution is 2.57. The monoisotopic (exact) mass is 379 g/mol. The molecule has 0 heterocycles. The number of esters is 1. The van der Waals surface area contributed by atoms with Crippen LogP contribution in [0.15, 0.2) is 60.7 Å². The fourth-order valence-corrected chi connectivity index (χ4v) is 4.31. The number of unbranched alkanes of at least 4 members (excludes halogenated alkanes) is 3. The van der Waals surface area contributed by atoms with Crippen molar-refractivity contribution in [3.05, 3.63) is 71.8 Å². The van der Waals surface area contributed by atoms with E-state index in [-0.39, 0.29) is 5.97 Å². The Kier molecular flexibility index (Phi) is 6.85. The van der Waals surface area contributed by atoms with Gasteiger partial charge in [-0.2, -0.15) is 0 Å². The zero-order valence-corrected chi connectivity index (χ0v) is 16.3. The van der Waals surface area contributed by atoms with Crippen molar-refractivity contribution >= 4 is 11.9 Å². The molecule has 0 N–H and O–H groups in total. The molecule has 1 fully saturated rings. The highest BCUT2D eigenvalue weighted by Gasteiger charge is 2.56. The summed E-state index contributed by atoms with van der Waals surface area (Å²) in [5.74, 6) is -3.55. The van der Waals surface area contributed by atoms with Gasteiger partial charge < -0.3 is 14.6 Å². The van der Waals surface area contributed by atoms with Crippen molar-refractivity contribution in [2.45, 2.75) is 44.4 Å². The van der Waals surface area contributed by atoms with Crippen LogP contribution in [0.25, 0.3) is 0 Å². The van der Waals surface area contributed by atoms with Gasteiger partial charge in [-0.15, -0.1) is 0 Å². The van der Waals surface area contributed by atoms with Gasteiger partial charge >= 0.3 is 5.97 Å². The summed E-state index contributed by atoms with van der Waals surface area (Å²) in [7, 11) is 0. The predicted molar refractivity (Wildman–Crippen MR) is 105 cm³/mol. The zero-order chi connectivity index (χ0) is 19.9. The summed E-state index contributed by atoms with van der Waals surface area (Å²) >= 11 is 0. The van der Waals surface area contributed by atoms with Gasteiger partial charge in [0.2, 0.25) is 0 Å². The molecule has 0 radical (unpaired) electrons. The lowest BCUT2D eigenvalue weighted by Crippen LogP contribution is -2.55. The molecule has 4 heteroatoms. The van der Waals surface area contributed by atoms with Crippen LogP contribution in [0.1, 0.15) is 55.6 Å². The summed E-state index contributed by atoms with van der Waals surface area (Å²) in [6.45, 7) is 2.52. The average molecular weight is 379 g/mol. The molecule has 28 heavy (non-hydrogen) atoms. The molecular weight excluding hydrogens is 352 g/mol. The summed E-state index contributed by atoms with van der Waals surface area (Å²) in [5, 5.41) is 12.0. The van der Waals surface area contributed by atoms with Crippen LogP contribution in [-0.2, 0) is 14.3 Å². The second-order valence-electron chi connectivity index (χ2n) is 7.47. The largest absolute Gasteiger partial charge is 0.550 e. The molecule has 2 atom stereocenters. The fraction of sp³-hybridized carbons (Fsp3) is 0.417. The maximum absolute atomic E-state index is 13.0. The third-order valence-corrected chi connectivity index (χ3v) is 5.70. The Balaban J connectivity index is 1.84. The number of carboxylic acids is 1. The lowest BCUT2D eigenvalue weighted by atomic mass is 9.52. The zero-order valence-electron chi connectivity index (χ0n) is 16.3. The van der Waals surface area contributed by atoms with E-state index < -0.39 is 29.6 Å². The Morgan fingerprint density at radius 1 is 0.821 bits per heavy atom. The van der Waals surface area contributed by atoms with E-state index in [1.807, 2.05) is 60.7 Å². The normalized spacial score (nSPS) is 23.6. The van der Waals surface area contributed by atoms with Gasteiger partial charge in [-0.25, -0.2) is 0 Å². The van der Waals surface area contributed by atoms with Gasteiger partial charge in [0.25, 0.3) is 0 Å². The van der Waals surface area contributed by atoms with E-state index in [4.69, 9.17) is 4.74 Å². The van der Waals surface area contributed by atoms with E-state index >= 15 is 0 Å². The second-order valence-corrected chi connectivity index (χ2v) is 7.47. The van der Waals surface area contributed by atoms with Crippen LogP contribution >= 0.6 is 0 Å². The van der Waals surface area contributed by atoms with Crippen molar-refractivity contribution in [2.75, 3.05) is 6.61 Å². The second kappa shape index (κ2) is 9.54. The highest BCUT2D eigenvalue weighted by molar-refractivity contribution is 5.83. The first-order valence-electron chi connectivity index (χ1n) is 10.1. The van der Waals surface area contributed by atoms with Crippen molar-refractivity contribution in [1.29, 1.82) is 0 Å². The first-order chi connectivity index (χ1) is 13.6. The van der Waals surface area contributed by atoms with Crippen LogP contribution in [0.2, 0.25) is 0 Å². The van der Waals surface area contributed by atoms with Gasteiger partial charge in [-0.1, -0.05) is 86.8 Å². The number of rotatable bonds is 9. The van der Waals surface area contributed by atoms with Crippen LogP contribution in [-0.4, -0.2) is 18.5 Å². The van der Waals surface area contributed by atoms with Gasteiger partial charge in [0, 0.05) is 23.7 Å². The third-order valence-electron chi connectivity index (χ3n) is 5.70. The molecule has 0 bridgehead atoms. The molecule has 0 spiro atoms. The Hall–Kier alpha value is -2.62. The number of hydrogen-bond acceptors (Lipinski definition) is 4. The predicted octanol–water partition coefficient (Wildman–Crippen LogP) is 3.67. The molecule has 1 saturated carbocycles. The summed E-state index contributed by atoms with van der Waals surface area (Å²) in [5.41, 5.74) is 1.69. The first kappa shape index (κ1) is 20.1. The first-order valence-corrected chi connectivity index (χ1v) is 10.1. The van der Waals surface area contributed by atoms with Gasteiger partial charge in [-0.05, 0) is 17.5 Å². The Morgan fingerprint density at radius 2 is 1.36 bits per heavy atom. The number of carbonyl (C=O) groups excluding carboxylic acids is 2. The third kappa shape index (κ3) is 4.27. The SMILES string of the molecule is CCCCCCOC(=O)C1[C@H](c2ccccc2)C(C(=O)[O-])[C@H]1c1ccccc1. The number of ether oxygens (including phenoxy) is 1. The van der Waals surface area contributed by atoms with Crippen molar-refractivity contribution < 1.29 is 19.4 Å². The molecule has 1 aliphatic carbocycles.